The highest BCUT2D eigenvalue weighted by Crippen LogP contribution is 2.33. The molecular weight excluding hydrogens is 478 g/mol. The molecule has 2 fully saturated rings. The van der Waals surface area contributed by atoms with Gasteiger partial charge in [-0.05, 0) is 64.5 Å². The summed E-state index contributed by atoms with van der Waals surface area (Å²) in [6, 6.07) is 6.10. The van der Waals surface area contributed by atoms with Gasteiger partial charge >= 0.3 is 5.97 Å². The lowest BCUT2D eigenvalue weighted by molar-refractivity contribution is -0.110. The topological polar surface area (TPSA) is 124 Å². The number of ether oxygens (including phenoxy) is 1. The Labute approximate surface area is 202 Å². The molecule has 4 rings (SSSR count). The molecule has 0 bridgehead atoms. The first kappa shape index (κ1) is 24.3. The summed E-state index contributed by atoms with van der Waals surface area (Å²) >= 11 is 1.15. The van der Waals surface area contributed by atoms with E-state index in [9.17, 15) is 18.0 Å². The van der Waals surface area contributed by atoms with Crippen molar-refractivity contribution in [1.29, 1.82) is 0 Å². The third-order valence-electron chi connectivity index (χ3n) is 5.72. The Morgan fingerprint density at radius 1 is 1.15 bits per heavy atom. The molecule has 1 heterocycles. The van der Waals surface area contributed by atoms with Crippen LogP contribution < -0.4 is 5.32 Å². The maximum absolute atomic E-state index is 13.1. The minimum Gasteiger partial charge on any atom is -0.461 e. The number of hydrogen-bond acceptors (Lipinski definition) is 9. The van der Waals surface area contributed by atoms with Gasteiger partial charge in [-0.15, -0.1) is 11.3 Å². The van der Waals surface area contributed by atoms with Crippen molar-refractivity contribution >= 4 is 43.9 Å². The van der Waals surface area contributed by atoms with E-state index < -0.39 is 21.7 Å². The summed E-state index contributed by atoms with van der Waals surface area (Å²) in [7, 11) is -3.34. The first-order valence-electron chi connectivity index (χ1n) is 11.3. The zero-order valence-corrected chi connectivity index (χ0v) is 20.7. The van der Waals surface area contributed by atoms with Crippen LogP contribution in [-0.4, -0.2) is 49.0 Å². The second-order valence-electron chi connectivity index (χ2n) is 8.32. The van der Waals surface area contributed by atoms with Gasteiger partial charge in [0.05, 0.1) is 16.8 Å². The van der Waals surface area contributed by atoms with Crippen LogP contribution in [0.4, 0.5) is 5.13 Å². The Morgan fingerprint density at radius 2 is 1.82 bits per heavy atom. The summed E-state index contributed by atoms with van der Waals surface area (Å²) in [4.78, 5) is 35.9. The number of amides is 1. The van der Waals surface area contributed by atoms with Crippen molar-refractivity contribution in [3.63, 3.8) is 0 Å². The van der Waals surface area contributed by atoms with Crippen molar-refractivity contribution in [1.82, 2.24) is 4.98 Å². The molecule has 0 saturated heterocycles. The van der Waals surface area contributed by atoms with Gasteiger partial charge in [0.25, 0.3) is 5.91 Å². The zero-order chi connectivity index (χ0) is 24.3. The van der Waals surface area contributed by atoms with E-state index in [1.54, 1.807) is 26.0 Å². The highest BCUT2D eigenvalue weighted by atomic mass is 32.2. The number of anilines is 1. The van der Waals surface area contributed by atoms with Crippen molar-refractivity contribution in [3.05, 3.63) is 40.4 Å². The molecule has 2 aliphatic carbocycles. The number of sulfone groups is 1. The zero-order valence-electron chi connectivity index (χ0n) is 19.1. The number of esters is 1. The molecule has 182 valence electrons. The Bertz CT molecular complexity index is 1190. The third-order valence-corrected chi connectivity index (χ3v) is 8.88. The number of benzene rings is 1. The van der Waals surface area contributed by atoms with Gasteiger partial charge in [0.15, 0.2) is 26.4 Å². The van der Waals surface area contributed by atoms with Crippen molar-refractivity contribution in [2.45, 2.75) is 68.6 Å². The van der Waals surface area contributed by atoms with Crippen molar-refractivity contribution in [3.8, 4) is 0 Å². The molecule has 1 N–H and O–H groups in total. The minimum absolute atomic E-state index is 0.00723. The number of hydrogen-bond donors (Lipinski definition) is 1. The van der Waals surface area contributed by atoms with Crippen molar-refractivity contribution in [2.24, 2.45) is 5.16 Å². The molecule has 34 heavy (non-hydrogen) atoms. The summed E-state index contributed by atoms with van der Waals surface area (Å²) in [6.45, 7) is 3.65. The third kappa shape index (κ3) is 5.47. The Balaban J connectivity index is 1.57. The van der Waals surface area contributed by atoms with E-state index >= 15 is 0 Å². The Hall–Kier alpha value is -2.79. The highest BCUT2D eigenvalue weighted by Gasteiger charge is 2.36. The molecular formula is C23H27N3O6S2. The molecule has 9 nitrogen and oxygen atoms in total. The quantitative estimate of drug-likeness (QED) is 0.312. The predicted octanol–water partition coefficient (Wildman–Crippen LogP) is 3.87. The first-order valence-corrected chi connectivity index (χ1v) is 13.7. The molecule has 11 heteroatoms. The fraction of sp³-hybridized carbons (Fsp3) is 0.478. The van der Waals surface area contributed by atoms with E-state index in [4.69, 9.17) is 9.57 Å². The SMILES string of the molecule is CCOC(=O)c1nc(NC(=O)/C(=N/OC2CCCC2)c2ccc(S(=O)(=O)C3CC3)cc2)sc1C. The van der Waals surface area contributed by atoms with Crippen LogP contribution in [0.5, 0.6) is 0 Å². The van der Waals surface area contributed by atoms with Crippen LogP contribution in [0.3, 0.4) is 0 Å². The largest absolute Gasteiger partial charge is 0.461 e. The summed E-state index contributed by atoms with van der Waals surface area (Å²) in [6.07, 6.45) is 5.12. The maximum Gasteiger partial charge on any atom is 0.358 e. The minimum atomic E-state index is -3.34. The normalized spacial score (nSPS) is 16.9. The molecule has 0 unspecified atom stereocenters. The van der Waals surface area contributed by atoms with E-state index in [1.807, 2.05) is 0 Å². The van der Waals surface area contributed by atoms with Crippen LogP contribution in [0.2, 0.25) is 0 Å². The lowest BCUT2D eigenvalue weighted by Gasteiger charge is -2.11. The van der Waals surface area contributed by atoms with Gasteiger partial charge in [-0.3, -0.25) is 10.1 Å². The molecule has 2 aliphatic rings. The lowest BCUT2D eigenvalue weighted by atomic mass is 10.1. The monoisotopic (exact) mass is 505 g/mol. The molecule has 1 aromatic heterocycles. The summed E-state index contributed by atoms with van der Waals surface area (Å²) in [5, 5.41) is 6.74. The first-order chi connectivity index (χ1) is 16.3. The second-order valence-corrected chi connectivity index (χ2v) is 11.8. The van der Waals surface area contributed by atoms with Gasteiger partial charge in [0, 0.05) is 10.4 Å². The van der Waals surface area contributed by atoms with E-state index in [1.165, 1.54) is 12.1 Å². The van der Waals surface area contributed by atoms with Gasteiger partial charge < -0.3 is 9.57 Å². The average Bonchev–Trinajstić information content (AvgIpc) is 3.44. The molecule has 1 amide bonds. The molecule has 0 spiro atoms. The number of aryl methyl sites for hydroxylation is 1. The molecule has 0 atom stereocenters. The van der Waals surface area contributed by atoms with Gasteiger partial charge in [-0.2, -0.15) is 0 Å². The summed E-state index contributed by atoms with van der Waals surface area (Å²) in [5.74, 6) is -1.12. The van der Waals surface area contributed by atoms with E-state index in [0.29, 0.717) is 23.3 Å². The van der Waals surface area contributed by atoms with Gasteiger partial charge in [0.1, 0.15) is 6.10 Å². The molecule has 1 aromatic carbocycles. The smallest absolute Gasteiger partial charge is 0.358 e. The van der Waals surface area contributed by atoms with Crippen LogP contribution in [0.15, 0.2) is 34.3 Å². The highest BCUT2D eigenvalue weighted by molar-refractivity contribution is 7.92. The molecule has 0 aliphatic heterocycles. The maximum atomic E-state index is 13.1. The van der Waals surface area contributed by atoms with Crippen LogP contribution in [0, 0.1) is 6.92 Å². The number of rotatable bonds is 9. The molecule has 2 saturated carbocycles. The number of thiazole rings is 1. The van der Waals surface area contributed by atoms with Crippen LogP contribution >= 0.6 is 11.3 Å². The summed E-state index contributed by atoms with van der Waals surface area (Å²) < 4.78 is 30.0. The number of aromatic nitrogens is 1. The second kappa shape index (κ2) is 10.2. The van der Waals surface area contributed by atoms with Crippen molar-refractivity contribution in [2.75, 3.05) is 11.9 Å². The predicted molar refractivity (Wildman–Crippen MR) is 128 cm³/mol. The fourth-order valence-electron chi connectivity index (χ4n) is 3.71. The van der Waals surface area contributed by atoms with Gasteiger partial charge in [-0.1, -0.05) is 17.3 Å². The molecule has 2 aromatic rings. The van der Waals surface area contributed by atoms with Crippen molar-refractivity contribution < 1.29 is 27.6 Å². The number of carbonyl (C=O) groups excluding carboxylic acids is 2. The van der Waals surface area contributed by atoms with Crippen LogP contribution in [0.1, 0.15) is 66.4 Å². The average molecular weight is 506 g/mol. The van der Waals surface area contributed by atoms with E-state index in [0.717, 1.165) is 37.0 Å². The Morgan fingerprint density at radius 3 is 2.44 bits per heavy atom. The Kier molecular flexibility index (Phi) is 7.32. The van der Waals surface area contributed by atoms with Crippen LogP contribution in [0.25, 0.3) is 0 Å². The van der Waals surface area contributed by atoms with E-state index in [2.05, 4.69) is 15.5 Å². The number of nitrogens with zero attached hydrogens (tertiary/aromatic N) is 2. The van der Waals surface area contributed by atoms with E-state index in [-0.39, 0.29) is 39.4 Å². The number of oxime groups is 1. The van der Waals surface area contributed by atoms with Gasteiger partial charge in [0.2, 0.25) is 0 Å². The summed E-state index contributed by atoms with van der Waals surface area (Å²) in [5.41, 5.74) is 0.578. The number of carbonyl (C=O) groups is 2. The number of nitrogens with one attached hydrogen (secondary N) is 1. The lowest BCUT2D eigenvalue weighted by Crippen LogP contribution is -2.25. The van der Waals surface area contributed by atoms with Gasteiger partial charge in [-0.25, -0.2) is 18.2 Å². The van der Waals surface area contributed by atoms with Crippen LogP contribution in [-0.2, 0) is 24.2 Å². The molecule has 0 radical (unpaired) electrons. The fourth-order valence-corrected chi connectivity index (χ4v) is 6.17. The standard InChI is InChI=1S/C23H27N3O6S2/c1-3-31-22(28)19-14(2)33-23(24-19)25-21(27)20(26-32-16-6-4-5-7-16)15-8-10-17(11-9-15)34(29,30)18-12-13-18/h8-11,16,18H,3-7,12-13H2,1-2H3,(H,24,25,27)/b26-20+.